The van der Waals surface area contributed by atoms with Gasteiger partial charge in [-0.25, -0.2) is 0 Å². The maximum Gasteiger partial charge on any atom is 0.225 e. The van der Waals surface area contributed by atoms with Gasteiger partial charge in [0, 0.05) is 38.0 Å². The minimum atomic E-state index is 0. The van der Waals surface area contributed by atoms with Gasteiger partial charge in [-0.05, 0) is 31.8 Å². The third-order valence-corrected chi connectivity index (χ3v) is 5.77. The largest absolute Gasteiger partial charge is 0.339 e. The molecule has 0 radical (unpaired) electrons. The van der Waals surface area contributed by atoms with Crippen LogP contribution in [0.5, 0.6) is 0 Å². The number of piperazine rings is 1. The molecule has 3 fully saturated rings. The van der Waals surface area contributed by atoms with Crippen LogP contribution in [-0.4, -0.2) is 60.9 Å². The zero-order chi connectivity index (χ0) is 15.5. The van der Waals surface area contributed by atoms with Crippen LogP contribution in [0.4, 0.5) is 0 Å². The van der Waals surface area contributed by atoms with Gasteiger partial charge in [0.15, 0.2) is 0 Å². The molecule has 2 aliphatic heterocycles. The molecule has 5 nitrogen and oxygen atoms in total. The van der Waals surface area contributed by atoms with Crippen LogP contribution >= 0.6 is 12.4 Å². The molecule has 2 heterocycles. The average Bonchev–Trinajstić information content (AvgIpc) is 2.53. The van der Waals surface area contributed by atoms with Crippen LogP contribution in [0.15, 0.2) is 0 Å². The summed E-state index contributed by atoms with van der Waals surface area (Å²) in [4.78, 5) is 29.0. The SMILES string of the molecule is CC(C(=O)N1CCN(C(=O)C2CCCCC2)CC1)C1CNC1.Cl. The minimum absolute atomic E-state index is 0. The minimum Gasteiger partial charge on any atom is -0.339 e. The average molecular weight is 344 g/mol. The highest BCUT2D eigenvalue weighted by Crippen LogP contribution is 2.26. The Kier molecular flexibility index (Phi) is 6.72. The van der Waals surface area contributed by atoms with E-state index in [2.05, 4.69) is 5.32 Å². The summed E-state index contributed by atoms with van der Waals surface area (Å²) in [5.41, 5.74) is 0. The first-order valence-electron chi connectivity index (χ1n) is 8.95. The molecule has 0 aromatic heterocycles. The number of rotatable bonds is 3. The van der Waals surface area contributed by atoms with E-state index in [-0.39, 0.29) is 30.2 Å². The summed E-state index contributed by atoms with van der Waals surface area (Å²) < 4.78 is 0. The Morgan fingerprint density at radius 1 is 0.957 bits per heavy atom. The molecule has 0 aromatic carbocycles. The van der Waals surface area contributed by atoms with Gasteiger partial charge in [0.1, 0.15) is 0 Å². The van der Waals surface area contributed by atoms with E-state index in [4.69, 9.17) is 0 Å². The van der Waals surface area contributed by atoms with Gasteiger partial charge < -0.3 is 15.1 Å². The van der Waals surface area contributed by atoms with Crippen molar-refractivity contribution >= 4 is 24.2 Å². The van der Waals surface area contributed by atoms with Crippen molar-refractivity contribution in [3.8, 4) is 0 Å². The summed E-state index contributed by atoms with van der Waals surface area (Å²) in [5, 5.41) is 3.23. The van der Waals surface area contributed by atoms with Gasteiger partial charge in [0.25, 0.3) is 0 Å². The Labute approximate surface area is 145 Å². The number of halogens is 1. The number of hydrogen-bond donors (Lipinski definition) is 1. The predicted octanol–water partition coefficient (Wildman–Crippen LogP) is 1.51. The monoisotopic (exact) mass is 343 g/mol. The fraction of sp³-hybridized carbons (Fsp3) is 0.882. The summed E-state index contributed by atoms with van der Waals surface area (Å²) in [6, 6.07) is 0. The third kappa shape index (κ3) is 4.18. The van der Waals surface area contributed by atoms with Crippen molar-refractivity contribution in [3.63, 3.8) is 0 Å². The van der Waals surface area contributed by atoms with Gasteiger partial charge >= 0.3 is 0 Å². The first-order chi connectivity index (χ1) is 10.7. The van der Waals surface area contributed by atoms with Gasteiger partial charge in [-0.1, -0.05) is 26.2 Å². The molecule has 132 valence electrons. The second-order valence-corrected chi connectivity index (χ2v) is 7.19. The van der Waals surface area contributed by atoms with Crippen LogP contribution < -0.4 is 5.32 Å². The Hall–Kier alpha value is -0.810. The molecule has 2 amide bonds. The second kappa shape index (κ2) is 8.34. The van der Waals surface area contributed by atoms with Crippen molar-refractivity contribution in [1.29, 1.82) is 0 Å². The Bertz CT molecular complexity index is 392. The lowest BCUT2D eigenvalue weighted by atomic mass is 9.87. The summed E-state index contributed by atoms with van der Waals surface area (Å²) in [5.74, 6) is 1.46. The molecule has 1 N–H and O–H groups in total. The summed E-state index contributed by atoms with van der Waals surface area (Å²) >= 11 is 0. The van der Waals surface area contributed by atoms with E-state index in [0.717, 1.165) is 39.0 Å². The first kappa shape index (κ1) is 18.5. The van der Waals surface area contributed by atoms with E-state index >= 15 is 0 Å². The highest BCUT2D eigenvalue weighted by atomic mass is 35.5. The van der Waals surface area contributed by atoms with E-state index in [9.17, 15) is 9.59 Å². The quantitative estimate of drug-likeness (QED) is 0.845. The molecule has 3 rings (SSSR count). The molecule has 1 atom stereocenters. The smallest absolute Gasteiger partial charge is 0.225 e. The number of nitrogens with one attached hydrogen (secondary N) is 1. The number of carbonyl (C=O) groups is 2. The lowest BCUT2D eigenvalue weighted by molar-refractivity contribution is -0.145. The molecule has 0 spiro atoms. The van der Waals surface area contributed by atoms with Crippen molar-refractivity contribution in [3.05, 3.63) is 0 Å². The first-order valence-corrected chi connectivity index (χ1v) is 8.95. The molecule has 1 saturated carbocycles. The van der Waals surface area contributed by atoms with Gasteiger partial charge in [0.05, 0.1) is 0 Å². The van der Waals surface area contributed by atoms with E-state index < -0.39 is 0 Å². The van der Waals surface area contributed by atoms with E-state index in [1.54, 1.807) is 0 Å². The van der Waals surface area contributed by atoms with Crippen molar-refractivity contribution in [2.24, 2.45) is 17.8 Å². The number of hydrogen-bond acceptors (Lipinski definition) is 3. The van der Waals surface area contributed by atoms with Gasteiger partial charge in [-0.15, -0.1) is 12.4 Å². The van der Waals surface area contributed by atoms with Crippen molar-refractivity contribution in [1.82, 2.24) is 15.1 Å². The van der Waals surface area contributed by atoms with Crippen molar-refractivity contribution in [2.75, 3.05) is 39.3 Å². The summed E-state index contributed by atoms with van der Waals surface area (Å²) in [6.07, 6.45) is 5.79. The topological polar surface area (TPSA) is 52.7 Å². The molecule has 3 aliphatic rings. The fourth-order valence-corrected chi connectivity index (χ4v) is 3.91. The molecule has 0 aromatic rings. The maximum atomic E-state index is 12.5. The highest BCUT2D eigenvalue weighted by Gasteiger charge is 2.34. The van der Waals surface area contributed by atoms with E-state index in [0.29, 0.717) is 24.9 Å². The molecule has 6 heteroatoms. The lowest BCUT2D eigenvalue weighted by Crippen LogP contribution is -2.56. The molecule has 2 saturated heterocycles. The normalized spacial score (nSPS) is 24.6. The number of nitrogens with zero attached hydrogens (tertiary/aromatic N) is 2. The summed E-state index contributed by atoms with van der Waals surface area (Å²) in [6.45, 7) is 6.84. The Balaban J connectivity index is 0.00000192. The van der Waals surface area contributed by atoms with Crippen LogP contribution in [0.25, 0.3) is 0 Å². The third-order valence-electron chi connectivity index (χ3n) is 5.77. The van der Waals surface area contributed by atoms with Crippen LogP contribution in [-0.2, 0) is 9.59 Å². The van der Waals surface area contributed by atoms with E-state index in [1.165, 1.54) is 19.3 Å². The second-order valence-electron chi connectivity index (χ2n) is 7.19. The predicted molar refractivity (Wildman–Crippen MR) is 92.5 cm³/mol. The Morgan fingerprint density at radius 3 is 2.04 bits per heavy atom. The molecular weight excluding hydrogens is 314 g/mol. The fourth-order valence-electron chi connectivity index (χ4n) is 3.91. The standard InChI is InChI=1S/C17H29N3O2.ClH/c1-13(15-11-18-12-15)16(21)19-7-9-20(10-8-19)17(22)14-5-3-2-4-6-14;/h13-15,18H,2-12H2,1H3;1H. The number of amides is 2. The van der Waals surface area contributed by atoms with Gasteiger partial charge in [-0.2, -0.15) is 0 Å². The van der Waals surface area contributed by atoms with Crippen LogP contribution in [0, 0.1) is 17.8 Å². The number of carbonyl (C=O) groups excluding carboxylic acids is 2. The van der Waals surface area contributed by atoms with E-state index in [1.807, 2.05) is 16.7 Å². The zero-order valence-corrected chi connectivity index (χ0v) is 14.9. The molecule has 1 unspecified atom stereocenters. The highest BCUT2D eigenvalue weighted by molar-refractivity contribution is 5.85. The van der Waals surface area contributed by atoms with Crippen LogP contribution in [0.1, 0.15) is 39.0 Å². The van der Waals surface area contributed by atoms with Gasteiger partial charge in [-0.3, -0.25) is 9.59 Å². The maximum absolute atomic E-state index is 12.5. The van der Waals surface area contributed by atoms with Crippen molar-refractivity contribution in [2.45, 2.75) is 39.0 Å². The summed E-state index contributed by atoms with van der Waals surface area (Å²) in [7, 11) is 0. The van der Waals surface area contributed by atoms with Crippen LogP contribution in [0.3, 0.4) is 0 Å². The van der Waals surface area contributed by atoms with Crippen LogP contribution in [0.2, 0.25) is 0 Å². The molecule has 23 heavy (non-hydrogen) atoms. The van der Waals surface area contributed by atoms with Crippen molar-refractivity contribution < 1.29 is 9.59 Å². The van der Waals surface area contributed by atoms with Gasteiger partial charge in [0.2, 0.25) is 11.8 Å². The zero-order valence-electron chi connectivity index (χ0n) is 14.1. The Morgan fingerprint density at radius 2 is 1.52 bits per heavy atom. The molecule has 1 aliphatic carbocycles. The lowest BCUT2D eigenvalue weighted by Gasteiger charge is -2.40. The molecular formula is C17H30ClN3O2. The molecule has 0 bridgehead atoms.